The van der Waals surface area contributed by atoms with Crippen LogP contribution in [0.3, 0.4) is 0 Å². The summed E-state index contributed by atoms with van der Waals surface area (Å²) in [5.74, 6) is -0.786. The summed E-state index contributed by atoms with van der Waals surface area (Å²) in [6.45, 7) is 2.26. The maximum atomic E-state index is 12.8. The lowest BCUT2D eigenvalue weighted by molar-refractivity contribution is -0.316. The Kier molecular flexibility index (Phi) is 10.6. The van der Waals surface area contributed by atoms with Crippen LogP contribution < -0.4 is 33.6 Å². The quantitative estimate of drug-likeness (QED) is 0.112. The van der Waals surface area contributed by atoms with Gasteiger partial charge in [-0.3, -0.25) is 4.79 Å². The molecule has 0 bridgehead atoms. The van der Waals surface area contributed by atoms with E-state index in [0.717, 1.165) is 0 Å². The predicted molar refractivity (Wildman–Crippen MR) is 139 cm³/mol. The van der Waals surface area contributed by atoms with Crippen LogP contribution in [0.2, 0.25) is 0 Å². The zero-order chi connectivity index (χ0) is 30.2. The summed E-state index contributed by atoms with van der Waals surface area (Å²) in [5.41, 5.74) is 22.4. The van der Waals surface area contributed by atoms with Crippen LogP contribution in [0.25, 0.3) is 0 Å². The fourth-order valence-corrected chi connectivity index (χ4v) is 5.62. The van der Waals surface area contributed by atoms with Crippen LogP contribution in [0.4, 0.5) is 0 Å². The van der Waals surface area contributed by atoms with Gasteiger partial charge in [0, 0.05) is 25.0 Å². The van der Waals surface area contributed by atoms with Gasteiger partial charge in [0.1, 0.15) is 36.6 Å². The molecule has 0 aromatic heterocycles. The smallest absolute Gasteiger partial charge is 0.253 e. The Bertz CT molecular complexity index is 893. The number of carbonyl (C=O) groups excluding carboxylic acids is 1. The van der Waals surface area contributed by atoms with Gasteiger partial charge in [0.2, 0.25) is 0 Å². The minimum absolute atomic E-state index is 0.0181. The molecule has 2 saturated heterocycles. The van der Waals surface area contributed by atoms with Crippen molar-refractivity contribution < 1.29 is 54.4 Å². The molecule has 238 valence electrons. The Hall–Kier alpha value is -1.13. The van der Waals surface area contributed by atoms with Crippen LogP contribution in [-0.4, -0.2) is 153 Å². The van der Waals surface area contributed by atoms with Crippen molar-refractivity contribution in [3.8, 4) is 0 Å². The van der Waals surface area contributed by atoms with Crippen molar-refractivity contribution in [2.75, 3.05) is 19.7 Å². The predicted octanol–water partition coefficient (Wildman–Crippen LogP) is -7.03. The minimum Gasteiger partial charge on any atom is -0.394 e. The fourth-order valence-electron chi connectivity index (χ4n) is 5.62. The molecule has 2 heterocycles. The number of aliphatic hydroxyl groups is 6. The molecule has 2 aliphatic heterocycles. The highest BCUT2D eigenvalue weighted by molar-refractivity contribution is 5.89. The molecule has 0 aromatic carbocycles. The number of nitrogens with one attached hydrogen (secondary N) is 2. The lowest BCUT2D eigenvalue weighted by Crippen LogP contribution is -2.69. The summed E-state index contributed by atoms with van der Waals surface area (Å²) in [7, 11) is 0. The van der Waals surface area contributed by atoms with E-state index in [4.69, 9.17) is 41.9 Å². The van der Waals surface area contributed by atoms with Gasteiger partial charge in [-0.25, -0.2) is 0 Å². The number of amides is 1. The molecule has 17 nitrogen and oxygen atoms in total. The van der Waals surface area contributed by atoms with Gasteiger partial charge in [0.25, 0.3) is 5.91 Å². The third-order valence-corrected chi connectivity index (χ3v) is 8.43. The molecule has 16 N–H and O–H groups in total. The standard InChI is InChI=1S/C24H46N6O11/c1-2-29-6-12-11(32)4-9(26)21(38-12)40-19-8(25)3-10(30-23(36)24(37)5-14(24)27)20(18(19)35)41-22-17(34)15(28)16(33)13(7-31)39-22/h8-22,29,31-35,37H,2-7,25-28H2,1H3,(H,30,36)/t8-,9+,10+,11-,12+,13+,14?,15-,16+,17+,18-,19+,20-,21+,22+,24?/m0/s1. The van der Waals surface area contributed by atoms with Gasteiger partial charge in [-0.05, 0) is 19.4 Å². The largest absolute Gasteiger partial charge is 0.394 e. The summed E-state index contributed by atoms with van der Waals surface area (Å²) in [6, 6.07) is -4.67. The minimum atomic E-state index is -1.78. The molecule has 2 saturated carbocycles. The zero-order valence-corrected chi connectivity index (χ0v) is 22.9. The topological polar surface area (TPSA) is 304 Å². The molecule has 2 aliphatic carbocycles. The van der Waals surface area contributed by atoms with Gasteiger partial charge in [0.05, 0.1) is 36.9 Å². The first-order chi connectivity index (χ1) is 19.3. The van der Waals surface area contributed by atoms with E-state index >= 15 is 0 Å². The summed E-state index contributed by atoms with van der Waals surface area (Å²) in [6.07, 6.45) is -12.1. The third-order valence-electron chi connectivity index (χ3n) is 8.43. The lowest BCUT2D eigenvalue weighted by atomic mass is 9.83. The molecule has 4 fully saturated rings. The van der Waals surface area contributed by atoms with E-state index in [9.17, 15) is 35.4 Å². The molecule has 4 rings (SSSR count). The van der Waals surface area contributed by atoms with Gasteiger partial charge < -0.3 is 83.2 Å². The second-order valence-corrected chi connectivity index (χ2v) is 11.5. The molecule has 17 heteroatoms. The van der Waals surface area contributed by atoms with E-state index in [0.29, 0.717) is 13.1 Å². The Morgan fingerprint density at radius 2 is 1.56 bits per heavy atom. The van der Waals surface area contributed by atoms with Crippen molar-refractivity contribution in [1.29, 1.82) is 0 Å². The Morgan fingerprint density at radius 1 is 0.927 bits per heavy atom. The van der Waals surface area contributed by atoms with Crippen molar-refractivity contribution in [2.24, 2.45) is 22.9 Å². The highest BCUT2D eigenvalue weighted by Gasteiger charge is 2.59. The first kappa shape index (κ1) is 32.8. The number of nitrogens with two attached hydrogens (primary N) is 4. The lowest BCUT2D eigenvalue weighted by Gasteiger charge is -2.48. The van der Waals surface area contributed by atoms with E-state index in [-0.39, 0.29) is 19.3 Å². The van der Waals surface area contributed by atoms with Gasteiger partial charge >= 0.3 is 0 Å². The fraction of sp³-hybridized carbons (Fsp3) is 0.958. The highest BCUT2D eigenvalue weighted by atomic mass is 16.7. The van der Waals surface area contributed by atoms with E-state index in [2.05, 4.69) is 10.6 Å². The first-order valence-electron chi connectivity index (χ1n) is 14.0. The number of carbonyl (C=O) groups is 1. The molecule has 1 amide bonds. The van der Waals surface area contributed by atoms with Crippen molar-refractivity contribution in [1.82, 2.24) is 10.6 Å². The van der Waals surface area contributed by atoms with Gasteiger partial charge in [-0.15, -0.1) is 0 Å². The second-order valence-electron chi connectivity index (χ2n) is 11.5. The average molecular weight is 595 g/mol. The van der Waals surface area contributed by atoms with Gasteiger partial charge in [-0.2, -0.15) is 0 Å². The summed E-state index contributed by atoms with van der Waals surface area (Å²) < 4.78 is 23.5. The molecule has 0 aromatic rings. The second kappa shape index (κ2) is 13.2. The number of ether oxygens (including phenoxy) is 4. The van der Waals surface area contributed by atoms with Crippen molar-refractivity contribution in [3.05, 3.63) is 0 Å². The maximum absolute atomic E-state index is 12.8. The summed E-state index contributed by atoms with van der Waals surface area (Å²) in [5, 5.41) is 68.5. The zero-order valence-electron chi connectivity index (χ0n) is 22.9. The summed E-state index contributed by atoms with van der Waals surface area (Å²) >= 11 is 0. The summed E-state index contributed by atoms with van der Waals surface area (Å²) in [4.78, 5) is 12.8. The van der Waals surface area contributed by atoms with E-state index in [1.54, 1.807) is 0 Å². The Morgan fingerprint density at radius 3 is 2.17 bits per heavy atom. The molecular weight excluding hydrogens is 548 g/mol. The average Bonchev–Trinajstić information content (AvgIpc) is 3.56. The van der Waals surface area contributed by atoms with Gasteiger partial charge in [-0.1, -0.05) is 6.92 Å². The van der Waals surface area contributed by atoms with E-state index in [1.165, 1.54) is 0 Å². The molecule has 2 unspecified atom stereocenters. The van der Waals surface area contributed by atoms with E-state index < -0.39 is 110 Å². The molecule has 0 radical (unpaired) electrons. The molecule has 16 atom stereocenters. The van der Waals surface area contributed by atoms with Crippen LogP contribution in [-0.2, 0) is 23.7 Å². The monoisotopic (exact) mass is 594 g/mol. The van der Waals surface area contributed by atoms with Crippen LogP contribution in [0.5, 0.6) is 0 Å². The highest BCUT2D eigenvalue weighted by Crippen LogP contribution is 2.36. The normalized spacial score (nSPS) is 50.4. The number of likely N-dealkylation sites (N-methyl/N-ethyl adjacent to an activating group) is 1. The maximum Gasteiger partial charge on any atom is 0.253 e. The van der Waals surface area contributed by atoms with Crippen LogP contribution in [0, 0.1) is 0 Å². The number of aliphatic hydroxyl groups excluding tert-OH is 5. The molecule has 0 spiro atoms. The SMILES string of the molecule is CCNC[C@H]1O[C@H](O[C@H]2[C@H](O)[C@@H](O[C@H]3O[C@H](CO)[C@@H](O)[C@H](N)[C@H]3O)[C@H](NC(=O)C3(O)CC3N)C[C@@H]2N)[C@H](N)C[C@@H]1O. The number of hydrogen-bond donors (Lipinski definition) is 12. The van der Waals surface area contributed by atoms with Crippen molar-refractivity contribution in [2.45, 2.75) is 123 Å². The third kappa shape index (κ3) is 6.84. The Labute approximate surface area is 237 Å². The van der Waals surface area contributed by atoms with Gasteiger partial charge in [0.15, 0.2) is 18.2 Å². The van der Waals surface area contributed by atoms with Crippen LogP contribution in [0.15, 0.2) is 0 Å². The van der Waals surface area contributed by atoms with Crippen LogP contribution in [0.1, 0.15) is 26.2 Å². The molecule has 4 aliphatic rings. The first-order valence-corrected chi connectivity index (χ1v) is 14.0. The van der Waals surface area contributed by atoms with Crippen LogP contribution >= 0.6 is 0 Å². The number of rotatable bonds is 10. The molecular formula is C24H46N6O11. The van der Waals surface area contributed by atoms with Crippen molar-refractivity contribution >= 4 is 5.91 Å². The molecule has 41 heavy (non-hydrogen) atoms. The van der Waals surface area contributed by atoms with Crippen molar-refractivity contribution in [3.63, 3.8) is 0 Å². The number of hydrogen-bond acceptors (Lipinski definition) is 16. The Balaban J connectivity index is 1.53. The van der Waals surface area contributed by atoms with E-state index in [1.807, 2.05) is 6.92 Å².